The van der Waals surface area contributed by atoms with E-state index in [4.69, 9.17) is 4.74 Å². The molecule has 0 saturated carbocycles. The van der Waals surface area contributed by atoms with Crippen LogP contribution in [0.3, 0.4) is 0 Å². The molecule has 1 saturated heterocycles. The summed E-state index contributed by atoms with van der Waals surface area (Å²) in [5.74, 6) is -0.378. The summed E-state index contributed by atoms with van der Waals surface area (Å²) in [5, 5.41) is 0. The lowest BCUT2D eigenvalue weighted by molar-refractivity contribution is 0.0854. The van der Waals surface area contributed by atoms with Crippen LogP contribution in [0, 0.1) is 5.82 Å². The maximum atomic E-state index is 13.0. The average molecular weight is 237 g/mol. The van der Waals surface area contributed by atoms with Gasteiger partial charge in [0.05, 0.1) is 0 Å². The molecule has 0 unspecified atom stereocenters. The third kappa shape index (κ3) is 2.64. The first-order valence-electron chi connectivity index (χ1n) is 5.77. The van der Waals surface area contributed by atoms with Crippen molar-refractivity contribution in [2.24, 2.45) is 0 Å². The highest BCUT2D eigenvalue weighted by Crippen LogP contribution is 2.24. The van der Waals surface area contributed by atoms with Crippen LogP contribution >= 0.6 is 0 Å². The highest BCUT2D eigenvalue weighted by molar-refractivity contribution is 5.84. The topological polar surface area (TPSA) is 29.5 Å². The highest BCUT2D eigenvalue weighted by Gasteiger charge is 2.20. The van der Waals surface area contributed by atoms with Gasteiger partial charge in [0, 0.05) is 37.6 Å². The van der Waals surface area contributed by atoms with Gasteiger partial charge in [-0.15, -0.1) is 0 Å². The van der Waals surface area contributed by atoms with Gasteiger partial charge in [0.2, 0.25) is 0 Å². The Kier molecular flexibility index (Phi) is 3.74. The molecule has 0 aliphatic carbocycles. The normalized spacial score (nSPS) is 16.8. The molecule has 4 heteroatoms. The number of benzene rings is 1. The monoisotopic (exact) mass is 237 g/mol. The van der Waals surface area contributed by atoms with Crippen molar-refractivity contribution < 1.29 is 13.9 Å². The largest absolute Gasteiger partial charge is 0.381 e. The Bertz CT molecular complexity index is 402. The summed E-state index contributed by atoms with van der Waals surface area (Å²) in [7, 11) is 1.94. The molecule has 92 valence electrons. The molecule has 0 radical (unpaired) electrons. The fourth-order valence-electron chi connectivity index (χ4n) is 2.21. The molecule has 17 heavy (non-hydrogen) atoms. The molecule has 1 aliphatic rings. The van der Waals surface area contributed by atoms with Gasteiger partial charge in [-0.05, 0) is 31.0 Å². The molecule has 1 heterocycles. The summed E-state index contributed by atoms with van der Waals surface area (Å²) < 4.78 is 18.3. The molecular weight excluding hydrogens is 221 g/mol. The number of nitrogens with zero attached hydrogens (tertiary/aromatic N) is 1. The van der Waals surface area contributed by atoms with E-state index >= 15 is 0 Å². The third-order valence-corrected chi connectivity index (χ3v) is 3.24. The summed E-state index contributed by atoms with van der Waals surface area (Å²) >= 11 is 0. The fourth-order valence-corrected chi connectivity index (χ4v) is 2.21. The molecule has 0 bridgehead atoms. The molecule has 0 aromatic heterocycles. The van der Waals surface area contributed by atoms with Crippen molar-refractivity contribution in [3.63, 3.8) is 0 Å². The van der Waals surface area contributed by atoms with Crippen LogP contribution in [-0.4, -0.2) is 32.6 Å². The van der Waals surface area contributed by atoms with Gasteiger partial charge in [0.1, 0.15) is 5.82 Å². The van der Waals surface area contributed by atoms with Crippen molar-refractivity contribution in [1.29, 1.82) is 0 Å². The van der Waals surface area contributed by atoms with Crippen molar-refractivity contribution >= 4 is 12.0 Å². The van der Waals surface area contributed by atoms with Crippen LogP contribution in [0.2, 0.25) is 0 Å². The van der Waals surface area contributed by atoms with E-state index in [2.05, 4.69) is 0 Å². The minimum absolute atomic E-state index is 0.355. The number of carbonyl (C=O) groups excluding carboxylic acids is 1. The zero-order chi connectivity index (χ0) is 12.3. The van der Waals surface area contributed by atoms with E-state index in [0.29, 0.717) is 17.9 Å². The smallest absolute Gasteiger partial charge is 0.152 e. The molecule has 0 spiro atoms. The minimum atomic E-state index is -0.378. The summed E-state index contributed by atoms with van der Waals surface area (Å²) in [5.41, 5.74) is 1.19. The van der Waals surface area contributed by atoms with E-state index in [-0.39, 0.29) is 5.82 Å². The molecule has 2 rings (SSSR count). The number of ether oxygens (including phenoxy) is 1. The SMILES string of the molecule is CN(c1ccc(F)cc1C=O)C1CCOCC1. The molecule has 1 aliphatic heterocycles. The lowest BCUT2D eigenvalue weighted by Gasteiger charge is -2.33. The molecule has 0 N–H and O–H groups in total. The molecule has 3 nitrogen and oxygen atoms in total. The molecule has 0 amide bonds. The summed E-state index contributed by atoms with van der Waals surface area (Å²) in [6.07, 6.45) is 2.58. The van der Waals surface area contributed by atoms with Gasteiger partial charge in [-0.25, -0.2) is 4.39 Å². The van der Waals surface area contributed by atoms with Crippen LogP contribution in [-0.2, 0) is 4.74 Å². The molecule has 1 aromatic rings. The number of hydrogen-bond donors (Lipinski definition) is 0. The Hall–Kier alpha value is -1.42. The Morgan fingerprint density at radius 3 is 2.76 bits per heavy atom. The van der Waals surface area contributed by atoms with Crippen LogP contribution < -0.4 is 4.90 Å². The Balaban J connectivity index is 2.22. The lowest BCUT2D eigenvalue weighted by atomic mass is 10.1. The van der Waals surface area contributed by atoms with Gasteiger partial charge >= 0.3 is 0 Å². The van der Waals surface area contributed by atoms with Crippen molar-refractivity contribution in [2.75, 3.05) is 25.2 Å². The minimum Gasteiger partial charge on any atom is -0.381 e. The van der Waals surface area contributed by atoms with E-state index in [9.17, 15) is 9.18 Å². The van der Waals surface area contributed by atoms with Crippen LogP contribution in [0.25, 0.3) is 0 Å². The molecule has 1 aromatic carbocycles. The fraction of sp³-hybridized carbons (Fsp3) is 0.462. The number of anilines is 1. The second kappa shape index (κ2) is 5.27. The second-order valence-electron chi connectivity index (χ2n) is 4.28. The standard InChI is InChI=1S/C13H16FNO2/c1-15(12-4-6-17-7-5-12)13-3-2-11(14)8-10(13)9-16/h2-3,8-9,12H,4-7H2,1H3. The summed E-state index contributed by atoms with van der Waals surface area (Å²) in [6.45, 7) is 1.49. The number of rotatable bonds is 3. The van der Waals surface area contributed by atoms with Gasteiger partial charge < -0.3 is 9.64 Å². The second-order valence-corrected chi connectivity index (χ2v) is 4.28. The van der Waals surface area contributed by atoms with E-state index in [1.54, 1.807) is 6.07 Å². The van der Waals surface area contributed by atoms with Crippen molar-refractivity contribution in [1.82, 2.24) is 0 Å². The van der Waals surface area contributed by atoms with Gasteiger partial charge in [-0.2, -0.15) is 0 Å². The van der Waals surface area contributed by atoms with Crippen LogP contribution in [0.4, 0.5) is 10.1 Å². The molecule has 1 fully saturated rings. The van der Waals surface area contributed by atoms with Crippen molar-refractivity contribution in [3.8, 4) is 0 Å². The number of carbonyl (C=O) groups is 1. The van der Waals surface area contributed by atoms with E-state index in [1.807, 2.05) is 11.9 Å². The van der Waals surface area contributed by atoms with Crippen LogP contribution in [0.15, 0.2) is 18.2 Å². The Morgan fingerprint density at radius 1 is 1.41 bits per heavy atom. The first-order valence-corrected chi connectivity index (χ1v) is 5.77. The Morgan fingerprint density at radius 2 is 2.12 bits per heavy atom. The van der Waals surface area contributed by atoms with Crippen molar-refractivity contribution in [2.45, 2.75) is 18.9 Å². The first kappa shape index (κ1) is 12.0. The van der Waals surface area contributed by atoms with E-state index in [0.717, 1.165) is 31.7 Å². The zero-order valence-electron chi connectivity index (χ0n) is 9.86. The van der Waals surface area contributed by atoms with Gasteiger partial charge in [-0.3, -0.25) is 4.79 Å². The number of aldehydes is 1. The number of hydrogen-bond acceptors (Lipinski definition) is 3. The maximum Gasteiger partial charge on any atom is 0.152 e. The van der Waals surface area contributed by atoms with Gasteiger partial charge in [0.25, 0.3) is 0 Å². The van der Waals surface area contributed by atoms with Gasteiger partial charge in [0.15, 0.2) is 6.29 Å². The molecular formula is C13H16FNO2. The summed E-state index contributed by atoms with van der Waals surface area (Å²) in [4.78, 5) is 13.0. The predicted molar refractivity (Wildman–Crippen MR) is 64.0 cm³/mol. The maximum absolute atomic E-state index is 13.0. The summed E-state index contributed by atoms with van der Waals surface area (Å²) in [6, 6.07) is 4.68. The van der Waals surface area contributed by atoms with Crippen LogP contribution in [0.5, 0.6) is 0 Å². The van der Waals surface area contributed by atoms with Crippen molar-refractivity contribution in [3.05, 3.63) is 29.6 Å². The lowest BCUT2D eigenvalue weighted by Crippen LogP contribution is -2.37. The average Bonchev–Trinajstić information content (AvgIpc) is 2.39. The number of halogens is 1. The van der Waals surface area contributed by atoms with E-state index < -0.39 is 0 Å². The highest BCUT2D eigenvalue weighted by atomic mass is 19.1. The van der Waals surface area contributed by atoms with E-state index in [1.165, 1.54) is 12.1 Å². The predicted octanol–water partition coefficient (Wildman–Crippen LogP) is 2.25. The third-order valence-electron chi connectivity index (χ3n) is 3.24. The van der Waals surface area contributed by atoms with Gasteiger partial charge in [-0.1, -0.05) is 0 Å². The zero-order valence-corrected chi connectivity index (χ0v) is 9.86. The van der Waals surface area contributed by atoms with Crippen LogP contribution in [0.1, 0.15) is 23.2 Å². The Labute approximate surface area is 100 Å². The first-order chi connectivity index (χ1) is 8.22. The molecule has 0 atom stereocenters. The quantitative estimate of drug-likeness (QED) is 0.755.